The number of aliphatic hydroxyl groups is 1. The molecule has 0 fully saturated rings. The third-order valence-corrected chi connectivity index (χ3v) is 5.13. The number of benzene rings is 1. The fraction of sp³-hybridized carbons (Fsp3) is 0.320. The Kier molecular flexibility index (Phi) is 7.76. The standard InChI is InChI=1S/C25H28N6O3/c1-25(2,34)10-9-17-5-6-19-7-8-20(23(32)31(3)21(19)13-17)30-24(33)29-16-18(15-26)14-22-27-11-4-12-28-22/h4-6,11-13,15-16,20,34H,7-8,14,26H2,1-3H3,(H,30,33). The molecule has 3 amide bonds. The molecule has 0 saturated heterocycles. The van der Waals surface area contributed by atoms with Crippen molar-refractivity contribution in [1.29, 1.82) is 0 Å². The second-order valence-electron chi connectivity index (χ2n) is 8.43. The van der Waals surface area contributed by atoms with E-state index in [0.717, 1.165) is 11.3 Å². The molecule has 0 saturated carbocycles. The van der Waals surface area contributed by atoms with Gasteiger partial charge in [0.2, 0.25) is 5.91 Å². The number of hydrogen-bond donors (Lipinski definition) is 3. The lowest BCUT2D eigenvalue weighted by molar-refractivity contribution is -0.120. The zero-order valence-electron chi connectivity index (χ0n) is 19.4. The molecule has 3 rings (SSSR count). The Balaban J connectivity index is 1.68. The molecular formula is C25H28N6O3. The quantitative estimate of drug-likeness (QED) is 0.470. The van der Waals surface area contributed by atoms with Crippen LogP contribution in [0, 0.1) is 11.8 Å². The summed E-state index contributed by atoms with van der Waals surface area (Å²) in [5.41, 5.74) is 7.48. The van der Waals surface area contributed by atoms with E-state index in [9.17, 15) is 14.7 Å². The zero-order chi connectivity index (χ0) is 24.7. The highest BCUT2D eigenvalue weighted by Gasteiger charge is 2.29. The van der Waals surface area contributed by atoms with Crippen LogP contribution in [0.15, 0.2) is 53.4 Å². The van der Waals surface area contributed by atoms with Crippen LogP contribution in [0.3, 0.4) is 0 Å². The van der Waals surface area contributed by atoms with E-state index in [1.807, 2.05) is 18.2 Å². The Morgan fingerprint density at radius 1 is 1.38 bits per heavy atom. The van der Waals surface area contributed by atoms with Crippen LogP contribution in [0.1, 0.15) is 37.2 Å². The van der Waals surface area contributed by atoms with E-state index >= 15 is 0 Å². The van der Waals surface area contributed by atoms with Crippen LogP contribution in [0.4, 0.5) is 10.5 Å². The van der Waals surface area contributed by atoms with Crippen LogP contribution in [0.2, 0.25) is 0 Å². The van der Waals surface area contributed by atoms with Crippen LogP contribution in [-0.2, 0) is 17.6 Å². The number of carbonyl (C=O) groups excluding carboxylic acids is 2. The second-order valence-corrected chi connectivity index (χ2v) is 8.43. The van der Waals surface area contributed by atoms with Gasteiger partial charge in [0, 0.05) is 43.3 Å². The number of urea groups is 1. The van der Waals surface area contributed by atoms with Crippen molar-refractivity contribution in [3.05, 3.63) is 65.4 Å². The first-order chi connectivity index (χ1) is 16.2. The lowest BCUT2D eigenvalue weighted by Gasteiger charge is -2.21. The second kappa shape index (κ2) is 10.7. The van der Waals surface area contributed by atoms with Gasteiger partial charge in [0.05, 0.1) is 0 Å². The number of amides is 3. The van der Waals surface area contributed by atoms with Crippen LogP contribution in [-0.4, -0.2) is 51.9 Å². The number of fused-ring (bicyclic) bond motifs is 1. The number of aliphatic imine (C=N–C) groups is 1. The van der Waals surface area contributed by atoms with Crippen molar-refractivity contribution in [3.8, 4) is 11.8 Å². The lowest BCUT2D eigenvalue weighted by atomic mass is 10.0. The lowest BCUT2D eigenvalue weighted by Crippen LogP contribution is -2.46. The minimum absolute atomic E-state index is 0.248. The van der Waals surface area contributed by atoms with Crippen molar-refractivity contribution in [3.63, 3.8) is 0 Å². The first kappa shape index (κ1) is 24.6. The highest BCUT2D eigenvalue weighted by atomic mass is 16.3. The molecule has 1 aliphatic heterocycles. The molecule has 0 aliphatic carbocycles. The molecule has 34 heavy (non-hydrogen) atoms. The molecule has 0 bridgehead atoms. The number of hydrogen-bond acceptors (Lipinski definition) is 6. The van der Waals surface area contributed by atoms with Crippen LogP contribution >= 0.6 is 0 Å². The first-order valence-electron chi connectivity index (χ1n) is 10.8. The van der Waals surface area contributed by atoms with Gasteiger partial charge in [0.15, 0.2) is 0 Å². The number of aryl methyl sites for hydroxylation is 1. The zero-order valence-corrected chi connectivity index (χ0v) is 19.4. The molecule has 4 N–H and O–H groups in total. The molecule has 1 unspecified atom stereocenters. The summed E-state index contributed by atoms with van der Waals surface area (Å²) in [4.78, 5) is 39.1. The summed E-state index contributed by atoms with van der Waals surface area (Å²) in [5, 5.41) is 12.5. The molecule has 1 atom stereocenters. The summed E-state index contributed by atoms with van der Waals surface area (Å²) < 4.78 is 0. The predicted molar refractivity (Wildman–Crippen MR) is 130 cm³/mol. The van der Waals surface area contributed by atoms with Crippen LogP contribution in [0.25, 0.3) is 0 Å². The number of carbonyl (C=O) groups is 2. The Morgan fingerprint density at radius 2 is 2.12 bits per heavy atom. The van der Waals surface area contributed by atoms with Gasteiger partial charge in [0.1, 0.15) is 17.5 Å². The summed E-state index contributed by atoms with van der Waals surface area (Å²) in [5.74, 6) is 6.01. The Hall–Kier alpha value is -4.03. The van der Waals surface area contributed by atoms with E-state index in [1.165, 1.54) is 17.3 Å². The average molecular weight is 461 g/mol. The molecule has 9 heteroatoms. The summed E-state index contributed by atoms with van der Waals surface area (Å²) in [7, 11) is 1.66. The maximum atomic E-state index is 13.0. The molecule has 176 valence electrons. The molecule has 2 aromatic rings. The SMILES string of the molecule is CN1C(=O)C(NC(=O)N=CC(=CN)Cc2ncccn2)CCc2ccc(C#CC(C)(C)O)cc21. The van der Waals surface area contributed by atoms with Gasteiger partial charge in [-0.05, 0) is 62.2 Å². The number of nitrogens with two attached hydrogens (primary N) is 1. The van der Waals surface area contributed by atoms with Crippen molar-refractivity contribution in [1.82, 2.24) is 15.3 Å². The maximum Gasteiger partial charge on any atom is 0.341 e. The molecule has 2 heterocycles. The van der Waals surface area contributed by atoms with Crippen molar-refractivity contribution < 1.29 is 14.7 Å². The smallest absolute Gasteiger partial charge is 0.341 e. The van der Waals surface area contributed by atoms with Gasteiger partial charge in [-0.2, -0.15) is 0 Å². The maximum absolute atomic E-state index is 13.0. The van der Waals surface area contributed by atoms with Crippen LogP contribution < -0.4 is 16.0 Å². The van der Waals surface area contributed by atoms with Crippen molar-refractivity contribution >= 4 is 23.8 Å². The number of nitrogens with zero attached hydrogens (tertiary/aromatic N) is 4. The van der Waals surface area contributed by atoms with Crippen LogP contribution in [0.5, 0.6) is 0 Å². The molecule has 9 nitrogen and oxygen atoms in total. The molecule has 0 radical (unpaired) electrons. The summed E-state index contributed by atoms with van der Waals surface area (Å²) >= 11 is 0. The predicted octanol–water partition coefficient (Wildman–Crippen LogP) is 1.74. The van der Waals surface area contributed by atoms with Gasteiger partial charge in [-0.25, -0.2) is 19.8 Å². The van der Waals surface area contributed by atoms with E-state index in [4.69, 9.17) is 5.73 Å². The molecule has 1 aromatic carbocycles. The highest BCUT2D eigenvalue weighted by Crippen LogP contribution is 2.27. The van der Waals surface area contributed by atoms with Crippen molar-refractivity contribution in [2.75, 3.05) is 11.9 Å². The van der Waals surface area contributed by atoms with Gasteiger partial charge in [-0.1, -0.05) is 17.9 Å². The van der Waals surface area contributed by atoms with E-state index in [-0.39, 0.29) is 5.91 Å². The minimum atomic E-state index is -1.11. The number of anilines is 1. The summed E-state index contributed by atoms with van der Waals surface area (Å²) in [6.07, 6.45) is 7.28. The van der Waals surface area contributed by atoms with Gasteiger partial charge in [-0.15, -0.1) is 0 Å². The monoisotopic (exact) mass is 460 g/mol. The first-order valence-corrected chi connectivity index (χ1v) is 10.8. The van der Waals surface area contributed by atoms with E-state index in [1.54, 1.807) is 39.4 Å². The van der Waals surface area contributed by atoms with Gasteiger partial charge < -0.3 is 21.1 Å². The summed E-state index contributed by atoms with van der Waals surface area (Å²) in [6, 6.07) is 5.94. The minimum Gasteiger partial charge on any atom is -0.404 e. The van der Waals surface area contributed by atoms with E-state index in [0.29, 0.717) is 36.2 Å². The average Bonchev–Trinajstić information content (AvgIpc) is 2.92. The Labute approximate surface area is 198 Å². The third kappa shape index (κ3) is 6.73. The van der Waals surface area contributed by atoms with Gasteiger partial charge >= 0.3 is 6.03 Å². The highest BCUT2D eigenvalue weighted by molar-refractivity contribution is 6.01. The number of likely N-dealkylation sites (N-methyl/N-ethyl adjacent to an activating group) is 1. The van der Waals surface area contributed by atoms with Gasteiger partial charge in [0.25, 0.3) is 0 Å². The van der Waals surface area contributed by atoms with Gasteiger partial charge in [-0.3, -0.25) is 4.79 Å². The Morgan fingerprint density at radius 3 is 2.79 bits per heavy atom. The molecule has 0 spiro atoms. The summed E-state index contributed by atoms with van der Waals surface area (Å²) in [6.45, 7) is 3.22. The fourth-order valence-corrected chi connectivity index (χ4v) is 3.38. The number of rotatable bonds is 4. The van der Waals surface area contributed by atoms with E-state index < -0.39 is 17.7 Å². The third-order valence-electron chi connectivity index (χ3n) is 5.13. The fourth-order valence-electron chi connectivity index (χ4n) is 3.38. The van der Waals surface area contributed by atoms with Crippen molar-refractivity contribution in [2.24, 2.45) is 10.7 Å². The van der Waals surface area contributed by atoms with Crippen molar-refractivity contribution in [2.45, 2.75) is 44.8 Å². The molecule has 1 aromatic heterocycles. The Bertz CT molecular complexity index is 1170. The number of aromatic nitrogens is 2. The van der Waals surface area contributed by atoms with E-state index in [2.05, 4.69) is 32.1 Å². The normalized spacial score (nSPS) is 16.5. The largest absolute Gasteiger partial charge is 0.404 e. The number of nitrogens with one attached hydrogen (secondary N) is 1. The number of allylic oxidation sites excluding steroid dienone is 1. The molecule has 1 aliphatic rings. The molecular weight excluding hydrogens is 432 g/mol. The topological polar surface area (TPSA) is 134 Å².